The second-order valence-electron chi connectivity index (χ2n) is 10.1. The molecule has 2 N–H and O–H groups in total. The molecule has 0 aliphatic heterocycles. The summed E-state index contributed by atoms with van der Waals surface area (Å²) >= 11 is 4.82. The number of nitrogens with zero attached hydrogens (tertiary/aromatic N) is 2. The summed E-state index contributed by atoms with van der Waals surface area (Å²) in [4.78, 5) is 24.8. The Morgan fingerprint density at radius 1 is 0.625 bits per heavy atom. The molecule has 2 aromatic carbocycles. The van der Waals surface area contributed by atoms with Crippen molar-refractivity contribution in [3.8, 4) is 0 Å². The van der Waals surface area contributed by atoms with Crippen molar-refractivity contribution in [1.82, 2.24) is 10.6 Å². The Kier molecular flexibility index (Phi) is 20.5. The number of carbonyl (C=O) groups is 2. The molecule has 0 heterocycles. The first-order valence-electron chi connectivity index (χ1n) is 14.0. The standard InChI is InChI=1S/C30H44I2N4O2.2BrH/c1-5-35(6-2,23-25-15-9-11-17-27(25)31)21-13-19-33-29(37)30(38)34-20-14-22-36(7-3,8-4)24-26-16-10-12-18-28(26)32;;/h9-12,15-18H,5-8,13-14,19-24H2,1-4H3;2*1H. The van der Waals surface area contributed by atoms with Crippen LogP contribution in [0.3, 0.4) is 0 Å². The molecular weight excluding hydrogens is 862 g/mol. The molecule has 2 rings (SSSR count). The van der Waals surface area contributed by atoms with E-state index >= 15 is 0 Å². The van der Waals surface area contributed by atoms with E-state index in [1.807, 2.05) is 0 Å². The summed E-state index contributed by atoms with van der Waals surface area (Å²) in [6.45, 7) is 18.0. The lowest BCUT2D eigenvalue weighted by molar-refractivity contribution is -0.937. The second kappa shape index (κ2) is 20.6. The molecule has 0 aliphatic rings. The highest BCUT2D eigenvalue weighted by atomic mass is 127. The molecule has 40 heavy (non-hydrogen) atoms. The number of quaternary nitrogens is 2. The van der Waals surface area contributed by atoms with E-state index in [-0.39, 0.29) is 34.0 Å². The Bertz CT molecular complexity index is 953. The number of carbonyl (C=O) groups excluding carboxylic acids is 2. The Morgan fingerprint density at radius 2 is 0.950 bits per heavy atom. The molecule has 2 amide bonds. The zero-order chi connectivity index (χ0) is 28.0. The first-order valence-corrected chi connectivity index (χ1v) is 16.1. The van der Waals surface area contributed by atoms with E-state index in [2.05, 4.69) is 132 Å². The van der Waals surface area contributed by atoms with Crippen LogP contribution in [0.15, 0.2) is 48.5 Å². The van der Waals surface area contributed by atoms with Crippen molar-refractivity contribution < 1.29 is 52.5 Å². The van der Waals surface area contributed by atoms with E-state index in [1.54, 1.807) is 0 Å². The van der Waals surface area contributed by atoms with Gasteiger partial charge >= 0.3 is 11.8 Å². The van der Waals surface area contributed by atoms with Crippen LogP contribution in [0.5, 0.6) is 0 Å². The fraction of sp³-hybridized carbons (Fsp3) is 0.533. The minimum atomic E-state index is -0.528. The van der Waals surface area contributed by atoms with Crippen molar-refractivity contribution in [2.45, 2.75) is 53.6 Å². The summed E-state index contributed by atoms with van der Waals surface area (Å²) in [5.74, 6) is -1.06. The molecule has 226 valence electrons. The number of hydrogen-bond donors (Lipinski definition) is 2. The molecule has 0 saturated heterocycles. The van der Waals surface area contributed by atoms with Gasteiger partial charge in [0.2, 0.25) is 0 Å². The van der Waals surface area contributed by atoms with E-state index in [0.717, 1.165) is 74.2 Å². The summed E-state index contributed by atoms with van der Waals surface area (Å²) in [5, 5.41) is 5.66. The highest BCUT2D eigenvalue weighted by molar-refractivity contribution is 14.1. The summed E-state index contributed by atoms with van der Waals surface area (Å²) in [6.07, 6.45) is 1.69. The molecule has 0 radical (unpaired) electrons. The Balaban J connectivity index is 0.00000760. The molecule has 2 aromatic rings. The van der Waals surface area contributed by atoms with Gasteiger partial charge in [-0.3, -0.25) is 9.59 Å². The molecule has 0 bridgehead atoms. The van der Waals surface area contributed by atoms with Crippen molar-refractivity contribution in [3.05, 3.63) is 66.8 Å². The van der Waals surface area contributed by atoms with Crippen LogP contribution in [0.25, 0.3) is 0 Å². The van der Waals surface area contributed by atoms with Gasteiger partial charge in [-0.05, 0) is 85.0 Å². The van der Waals surface area contributed by atoms with Crippen molar-refractivity contribution in [2.75, 3.05) is 52.4 Å². The predicted octanol–water partition coefficient (Wildman–Crippen LogP) is -0.670. The van der Waals surface area contributed by atoms with E-state index in [9.17, 15) is 9.59 Å². The highest BCUT2D eigenvalue weighted by Crippen LogP contribution is 2.21. The van der Waals surface area contributed by atoms with Crippen molar-refractivity contribution in [2.24, 2.45) is 0 Å². The van der Waals surface area contributed by atoms with E-state index in [1.165, 1.54) is 18.3 Å². The summed E-state index contributed by atoms with van der Waals surface area (Å²) < 4.78 is 4.53. The number of nitrogens with one attached hydrogen (secondary N) is 2. The third-order valence-electron chi connectivity index (χ3n) is 8.01. The summed E-state index contributed by atoms with van der Waals surface area (Å²) in [7, 11) is 0. The van der Waals surface area contributed by atoms with Crippen LogP contribution >= 0.6 is 45.2 Å². The molecule has 0 unspecified atom stereocenters. The first-order chi connectivity index (χ1) is 18.2. The van der Waals surface area contributed by atoms with Crippen LogP contribution in [0, 0.1) is 7.14 Å². The van der Waals surface area contributed by atoms with Gasteiger partial charge in [0.15, 0.2) is 0 Å². The molecule has 0 saturated carbocycles. The third kappa shape index (κ3) is 12.5. The minimum absolute atomic E-state index is 0. The summed E-state index contributed by atoms with van der Waals surface area (Å²) in [5.41, 5.74) is 2.74. The molecule has 10 heteroatoms. The third-order valence-corrected chi connectivity index (χ3v) is 10.1. The van der Waals surface area contributed by atoms with E-state index < -0.39 is 11.8 Å². The molecule has 0 aromatic heterocycles. The van der Waals surface area contributed by atoms with Gasteiger partial charge < -0.3 is 53.6 Å². The smallest absolute Gasteiger partial charge is 0.309 e. The Morgan fingerprint density at radius 3 is 1.25 bits per heavy atom. The fourth-order valence-electron chi connectivity index (χ4n) is 5.05. The van der Waals surface area contributed by atoms with Gasteiger partial charge in [0.1, 0.15) is 13.1 Å². The maximum Gasteiger partial charge on any atom is 0.309 e. The van der Waals surface area contributed by atoms with Crippen LogP contribution < -0.4 is 44.6 Å². The van der Waals surface area contributed by atoms with Crippen LogP contribution in [-0.4, -0.2) is 73.1 Å². The fourth-order valence-corrected chi connectivity index (χ4v) is 6.17. The van der Waals surface area contributed by atoms with Gasteiger partial charge in [-0.25, -0.2) is 0 Å². The highest BCUT2D eigenvalue weighted by Gasteiger charge is 2.26. The van der Waals surface area contributed by atoms with Gasteiger partial charge in [0, 0.05) is 44.2 Å². The van der Waals surface area contributed by atoms with Gasteiger partial charge in [-0.1, -0.05) is 36.4 Å². The second-order valence-corrected chi connectivity index (χ2v) is 12.4. The van der Waals surface area contributed by atoms with Crippen molar-refractivity contribution in [3.63, 3.8) is 0 Å². The zero-order valence-electron chi connectivity index (χ0n) is 24.3. The maximum absolute atomic E-state index is 12.4. The lowest BCUT2D eigenvalue weighted by Crippen LogP contribution is -3.00. The lowest BCUT2D eigenvalue weighted by Gasteiger charge is -2.37. The van der Waals surface area contributed by atoms with Crippen molar-refractivity contribution >= 4 is 57.0 Å². The molecular formula is C30H46Br2I2N4O2. The van der Waals surface area contributed by atoms with Crippen LogP contribution in [0.1, 0.15) is 51.7 Å². The van der Waals surface area contributed by atoms with Crippen molar-refractivity contribution in [1.29, 1.82) is 0 Å². The summed E-state index contributed by atoms with van der Waals surface area (Å²) in [6, 6.07) is 17.1. The Hall–Kier alpha value is -0.280. The SMILES string of the molecule is CC[N+](CC)(CCCNC(=O)C(=O)NCCC[N+](CC)(CC)Cc1ccccc1I)Cc1ccccc1I.[Br-].[Br-]. The quantitative estimate of drug-likeness (QED) is 0.102. The normalized spacial score (nSPS) is 11.2. The van der Waals surface area contributed by atoms with E-state index in [4.69, 9.17) is 0 Å². The zero-order valence-corrected chi connectivity index (χ0v) is 31.8. The number of halogens is 4. The average Bonchev–Trinajstić information content (AvgIpc) is 2.94. The van der Waals surface area contributed by atoms with E-state index in [0.29, 0.717) is 13.1 Å². The number of amides is 2. The molecule has 0 spiro atoms. The van der Waals surface area contributed by atoms with Gasteiger partial charge in [-0.15, -0.1) is 0 Å². The van der Waals surface area contributed by atoms with Gasteiger partial charge in [-0.2, -0.15) is 0 Å². The molecule has 6 nitrogen and oxygen atoms in total. The largest absolute Gasteiger partial charge is 1.00 e. The number of rotatable bonds is 16. The molecule has 0 atom stereocenters. The predicted molar refractivity (Wildman–Crippen MR) is 173 cm³/mol. The monoisotopic (exact) mass is 906 g/mol. The number of benzene rings is 2. The van der Waals surface area contributed by atoms with Gasteiger partial charge in [0.05, 0.1) is 39.3 Å². The van der Waals surface area contributed by atoms with Crippen LogP contribution in [-0.2, 0) is 22.7 Å². The van der Waals surface area contributed by atoms with Crippen LogP contribution in [0.2, 0.25) is 0 Å². The average molecular weight is 908 g/mol. The Labute approximate surface area is 290 Å². The van der Waals surface area contributed by atoms with Crippen LogP contribution in [0.4, 0.5) is 0 Å². The first kappa shape index (κ1) is 39.7. The topological polar surface area (TPSA) is 58.2 Å². The van der Waals surface area contributed by atoms with Gasteiger partial charge in [0.25, 0.3) is 0 Å². The minimum Gasteiger partial charge on any atom is -1.00 e. The molecule has 0 aliphatic carbocycles. The maximum atomic E-state index is 12.4. The number of hydrogen-bond acceptors (Lipinski definition) is 2. The molecule has 0 fully saturated rings. The lowest BCUT2D eigenvalue weighted by atomic mass is 10.1.